The van der Waals surface area contributed by atoms with Gasteiger partial charge in [0, 0.05) is 12.8 Å². The van der Waals surface area contributed by atoms with E-state index in [1.165, 1.54) is 77.0 Å². The number of aliphatic hydroxyl groups is 1. The number of rotatable bonds is 32. The smallest absolute Gasteiger partial charge is 0.306 e. The Balaban J connectivity index is 3.64. The third-order valence-corrected chi connectivity index (χ3v) is 7.64. The molecule has 0 saturated heterocycles. The largest absolute Gasteiger partial charge is 0.462 e. The maximum absolute atomic E-state index is 12.1. The summed E-state index contributed by atoms with van der Waals surface area (Å²) in [6, 6.07) is 0. The van der Waals surface area contributed by atoms with Crippen molar-refractivity contribution in [3.05, 3.63) is 48.6 Å². The second-order valence-electron chi connectivity index (χ2n) is 11.9. The quantitative estimate of drug-likeness (QED) is 0.0462. The minimum absolute atomic E-state index is 0.0865. The summed E-state index contributed by atoms with van der Waals surface area (Å²) in [4.78, 5) is 24.2. The summed E-state index contributed by atoms with van der Waals surface area (Å²) in [5.41, 5.74) is 0. The molecule has 0 rings (SSSR count). The second kappa shape index (κ2) is 35.3. The Morgan fingerprint density at radius 1 is 0.545 bits per heavy atom. The maximum atomic E-state index is 12.1. The topological polar surface area (TPSA) is 72.8 Å². The number of allylic oxidation sites excluding steroid dienone is 8. The highest BCUT2D eigenvalue weighted by Gasteiger charge is 2.16. The monoisotopic (exact) mass is 617 g/mol. The van der Waals surface area contributed by atoms with E-state index in [-0.39, 0.29) is 25.2 Å². The third-order valence-electron chi connectivity index (χ3n) is 7.64. The van der Waals surface area contributed by atoms with Gasteiger partial charge in [-0.3, -0.25) is 9.59 Å². The number of unbranched alkanes of at least 4 members (excludes halogenated alkanes) is 16. The first kappa shape index (κ1) is 41.9. The van der Waals surface area contributed by atoms with E-state index in [0.29, 0.717) is 12.8 Å². The van der Waals surface area contributed by atoms with Crippen LogP contribution in [0.1, 0.15) is 168 Å². The lowest BCUT2D eigenvalue weighted by molar-refractivity contribution is -0.161. The molecule has 0 unspecified atom stereocenters. The Morgan fingerprint density at radius 2 is 0.977 bits per heavy atom. The summed E-state index contributed by atoms with van der Waals surface area (Å²) in [7, 11) is 0. The van der Waals surface area contributed by atoms with Crippen molar-refractivity contribution >= 4 is 11.9 Å². The molecule has 0 saturated carbocycles. The molecule has 0 aromatic carbocycles. The zero-order valence-corrected chi connectivity index (χ0v) is 28.7. The molecular weight excluding hydrogens is 548 g/mol. The summed E-state index contributed by atoms with van der Waals surface area (Å²) >= 11 is 0. The summed E-state index contributed by atoms with van der Waals surface area (Å²) in [6.45, 7) is 3.98. The van der Waals surface area contributed by atoms with Gasteiger partial charge in [-0.25, -0.2) is 0 Å². The molecule has 0 bridgehead atoms. The number of hydrogen-bond acceptors (Lipinski definition) is 5. The van der Waals surface area contributed by atoms with E-state index in [4.69, 9.17) is 9.47 Å². The van der Waals surface area contributed by atoms with Gasteiger partial charge < -0.3 is 14.6 Å². The van der Waals surface area contributed by atoms with Crippen LogP contribution >= 0.6 is 0 Å². The van der Waals surface area contributed by atoms with Crippen molar-refractivity contribution in [2.24, 2.45) is 0 Å². The molecule has 0 aromatic rings. The molecule has 0 aliphatic heterocycles. The Kier molecular flexibility index (Phi) is 33.6. The Labute approximate surface area is 271 Å². The number of esters is 2. The van der Waals surface area contributed by atoms with Crippen molar-refractivity contribution in [3.63, 3.8) is 0 Å². The average molecular weight is 617 g/mol. The highest BCUT2D eigenvalue weighted by molar-refractivity contribution is 5.70. The van der Waals surface area contributed by atoms with Crippen LogP contribution in [0.25, 0.3) is 0 Å². The normalized spacial score (nSPS) is 12.7. The molecular formula is C39H68O5. The van der Waals surface area contributed by atoms with Crippen LogP contribution in [-0.2, 0) is 19.1 Å². The van der Waals surface area contributed by atoms with Crippen LogP contribution in [0.5, 0.6) is 0 Å². The number of aliphatic hydroxyl groups excluding tert-OH is 1. The molecule has 254 valence electrons. The van der Waals surface area contributed by atoms with E-state index in [1.807, 2.05) is 0 Å². The predicted octanol–water partition coefficient (Wildman–Crippen LogP) is 11.1. The van der Waals surface area contributed by atoms with Gasteiger partial charge in [-0.2, -0.15) is 0 Å². The van der Waals surface area contributed by atoms with E-state index in [2.05, 4.69) is 62.5 Å². The summed E-state index contributed by atoms with van der Waals surface area (Å²) in [5, 5.41) is 9.52. The van der Waals surface area contributed by atoms with Crippen LogP contribution in [0.4, 0.5) is 0 Å². The van der Waals surface area contributed by atoms with E-state index < -0.39 is 6.10 Å². The molecule has 5 heteroatoms. The van der Waals surface area contributed by atoms with Gasteiger partial charge in [0.1, 0.15) is 6.61 Å². The van der Waals surface area contributed by atoms with Crippen LogP contribution in [0, 0.1) is 0 Å². The fraction of sp³-hybridized carbons (Fsp3) is 0.744. The average Bonchev–Trinajstić information content (AvgIpc) is 3.02. The molecule has 5 nitrogen and oxygen atoms in total. The molecule has 0 radical (unpaired) electrons. The number of carbonyl (C=O) groups is 2. The first-order valence-electron chi connectivity index (χ1n) is 18.2. The molecule has 0 aliphatic carbocycles. The fourth-order valence-corrected chi connectivity index (χ4v) is 4.90. The van der Waals surface area contributed by atoms with Gasteiger partial charge in [0.15, 0.2) is 6.10 Å². The van der Waals surface area contributed by atoms with Gasteiger partial charge in [-0.15, -0.1) is 0 Å². The van der Waals surface area contributed by atoms with Crippen LogP contribution in [0.15, 0.2) is 48.6 Å². The van der Waals surface area contributed by atoms with Crippen molar-refractivity contribution in [2.45, 2.75) is 174 Å². The SMILES string of the molecule is CC/C=C/C/C=C/C/C=C/C/C=C/CCCCC(=O)OC[C@H](CO)OC(=O)CCCCCCCCCCCCCCCCC. The molecule has 0 spiro atoms. The lowest BCUT2D eigenvalue weighted by atomic mass is 10.0. The van der Waals surface area contributed by atoms with Crippen molar-refractivity contribution in [1.82, 2.24) is 0 Å². The number of ether oxygens (including phenoxy) is 2. The number of hydrogen-bond donors (Lipinski definition) is 1. The molecule has 0 aliphatic rings. The lowest BCUT2D eigenvalue weighted by Gasteiger charge is -2.15. The fourth-order valence-electron chi connectivity index (χ4n) is 4.90. The number of carbonyl (C=O) groups excluding carboxylic acids is 2. The van der Waals surface area contributed by atoms with Gasteiger partial charge in [0.25, 0.3) is 0 Å². The maximum Gasteiger partial charge on any atom is 0.306 e. The molecule has 0 aromatic heterocycles. The van der Waals surface area contributed by atoms with E-state index in [1.54, 1.807) is 0 Å². The van der Waals surface area contributed by atoms with Crippen LogP contribution in [-0.4, -0.2) is 36.4 Å². The Morgan fingerprint density at radius 3 is 1.48 bits per heavy atom. The van der Waals surface area contributed by atoms with Crippen molar-refractivity contribution in [1.29, 1.82) is 0 Å². The van der Waals surface area contributed by atoms with E-state index in [9.17, 15) is 14.7 Å². The predicted molar refractivity (Wildman–Crippen MR) is 187 cm³/mol. The van der Waals surface area contributed by atoms with Crippen molar-refractivity contribution < 1.29 is 24.2 Å². The molecule has 0 fully saturated rings. The van der Waals surface area contributed by atoms with Gasteiger partial charge in [-0.1, -0.05) is 152 Å². The minimum Gasteiger partial charge on any atom is -0.462 e. The summed E-state index contributed by atoms with van der Waals surface area (Å²) in [5.74, 6) is -0.639. The highest BCUT2D eigenvalue weighted by Crippen LogP contribution is 2.14. The molecule has 0 heterocycles. The third kappa shape index (κ3) is 32.8. The Hall–Kier alpha value is -2.14. The zero-order chi connectivity index (χ0) is 32.2. The van der Waals surface area contributed by atoms with Gasteiger partial charge >= 0.3 is 11.9 Å². The van der Waals surface area contributed by atoms with E-state index in [0.717, 1.165) is 64.2 Å². The summed E-state index contributed by atoms with van der Waals surface area (Å²) < 4.78 is 10.5. The Bertz CT molecular complexity index is 752. The van der Waals surface area contributed by atoms with Crippen LogP contribution in [0.3, 0.4) is 0 Å². The van der Waals surface area contributed by atoms with Crippen molar-refractivity contribution in [3.8, 4) is 0 Å². The van der Waals surface area contributed by atoms with E-state index >= 15 is 0 Å². The van der Waals surface area contributed by atoms with Gasteiger partial charge in [0.05, 0.1) is 6.61 Å². The van der Waals surface area contributed by atoms with Gasteiger partial charge in [-0.05, 0) is 51.4 Å². The van der Waals surface area contributed by atoms with Crippen molar-refractivity contribution in [2.75, 3.05) is 13.2 Å². The first-order valence-corrected chi connectivity index (χ1v) is 18.2. The molecule has 1 atom stereocenters. The highest BCUT2D eigenvalue weighted by atomic mass is 16.6. The minimum atomic E-state index is -0.785. The second-order valence-corrected chi connectivity index (χ2v) is 11.9. The lowest BCUT2D eigenvalue weighted by Crippen LogP contribution is -2.28. The molecule has 0 amide bonds. The van der Waals surface area contributed by atoms with Crippen LogP contribution < -0.4 is 0 Å². The first-order chi connectivity index (χ1) is 21.6. The van der Waals surface area contributed by atoms with Gasteiger partial charge in [0.2, 0.25) is 0 Å². The molecule has 44 heavy (non-hydrogen) atoms. The molecule has 1 N–H and O–H groups in total. The standard InChI is InChI=1S/C39H68O5/c1-3-5-7-9-11-13-15-17-19-21-23-25-27-29-31-33-38(41)43-36-37(35-40)44-39(42)34-32-30-28-26-24-22-20-18-16-14-12-10-8-6-4-2/h5,7,11,13,17,19,23,25,37,40H,3-4,6,8-10,12,14-16,18,20-22,24,26-36H2,1-2H3/b7-5+,13-11+,19-17+,25-23+/t37-/m0/s1. The van der Waals surface area contributed by atoms with Crippen LogP contribution in [0.2, 0.25) is 0 Å². The zero-order valence-electron chi connectivity index (χ0n) is 28.7. The summed E-state index contributed by atoms with van der Waals surface area (Å²) in [6.07, 6.45) is 43.1.